The van der Waals surface area contributed by atoms with Crippen LogP contribution in [0.2, 0.25) is 0 Å². The Morgan fingerprint density at radius 2 is 2.17 bits per heavy atom. The molecule has 1 radical (unpaired) electrons. The summed E-state index contributed by atoms with van der Waals surface area (Å²) in [5.41, 5.74) is 11.8. The molecule has 12 heavy (non-hydrogen) atoms. The Morgan fingerprint density at radius 1 is 1.42 bits per heavy atom. The molecular weight excluding hydrogens is 154 g/mol. The average molecular weight is 164 g/mol. The first-order chi connectivity index (χ1) is 5.79. The minimum Gasteiger partial charge on any atom is -0.381 e. The van der Waals surface area contributed by atoms with Gasteiger partial charge in [-0.25, -0.2) is 0 Å². The van der Waals surface area contributed by atoms with Crippen molar-refractivity contribution in [1.29, 1.82) is 0 Å². The largest absolute Gasteiger partial charge is 0.381 e. The smallest absolute Gasteiger partial charge is 0.164 e. The van der Waals surface area contributed by atoms with Crippen LogP contribution in [0.4, 0.5) is 0 Å². The molecule has 0 amide bonds. The van der Waals surface area contributed by atoms with Gasteiger partial charge >= 0.3 is 0 Å². The highest BCUT2D eigenvalue weighted by Gasteiger charge is 2.16. The molecule has 0 aromatic carbocycles. The Kier molecular flexibility index (Phi) is 2.74. The molecule has 0 atom stereocenters. The maximum absolute atomic E-state index is 8.65. The Labute approximate surface area is 70.4 Å². The summed E-state index contributed by atoms with van der Waals surface area (Å²) >= 11 is 0. The molecule has 4 N–H and O–H groups in total. The highest BCUT2D eigenvalue weighted by Crippen LogP contribution is 2.08. The third-order valence-electron chi connectivity index (χ3n) is 1.55. The Bertz CT molecular complexity index is 282. The third-order valence-corrected chi connectivity index (χ3v) is 1.55. The number of hydrogen-bond donors (Lipinski definition) is 2. The van der Waals surface area contributed by atoms with Crippen molar-refractivity contribution in [3.05, 3.63) is 5.57 Å². The molecule has 0 saturated carbocycles. The second kappa shape index (κ2) is 3.80. The summed E-state index contributed by atoms with van der Waals surface area (Å²) in [5, 5.41) is 16.0. The summed E-state index contributed by atoms with van der Waals surface area (Å²) in [5.74, 6) is 2.17. The Morgan fingerprint density at radius 3 is 2.75 bits per heavy atom. The van der Waals surface area contributed by atoms with Crippen LogP contribution >= 0.6 is 0 Å². The molecule has 1 aliphatic rings. The number of rotatable bonds is 3. The molecule has 0 aliphatic carbocycles. The molecule has 1 aliphatic heterocycles. The predicted octanol–water partition coefficient (Wildman–Crippen LogP) is -1.15. The van der Waals surface area contributed by atoms with Crippen molar-refractivity contribution in [2.45, 2.75) is 12.8 Å². The maximum atomic E-state index is 8.65. The highest BCUT2D eigenvalue weighted by atomic mass is 15.3. The molecule has 0 aromatic rings. The van der Waals surface area contributed by atoms with Gasteiger partial charge in [0.05, 0.1) is 5.71 Å². The van der Waals surface area contributed by atoms with Crippen LogP contribution in [0.5, 0.6) is 0 Å². The van der Waals surface area contributed by atoms with E-state index in [-0.39, 0.29) is 5.84 Å². The summed E-state index contributed by atoms with van der Waals surface area (Å²) in [4.78, 5) is 0. The van der Waals surface area contributed by atoms with E-state index in [0.717, 1.165) is 6.42 Å². The quantitative estimate of drug-likeness (QED) is 0.514. The summed E-state index contributed by atoms with van der Waals surface area (Å²) < 4.78 is 0. The average Bonchev–Trinajstić information content (AvgIpc) is 2.43. The molecule has 1 rings (SSSR count). The van der Waals surface area contributed by atoms with Crippen molar-refractivity contribution in [3.63, 3.8) is 0 Å². The van der Waals surface area contributed by atoms with Crippen LogP contribution in [0.3, 0.4) is 0 Å². The minimum atomic E-state index is 0.213. The van der Waals surface area contributed by atoms with E-state index in [4.69, 9.17) is 16.9 Å². The second-order valence-electron chi connectivity index (χ2n) is 2.41. The fourth-order valence-corrected chi connectivity index (χ4v) is 0.928. The third kappa shape index (κ3) is 1.58. The molecule has 0 saturated heterocycles. The van der Waals surface area contributed by atoms with Gasteiger partial charge < -0.3 is 11.5 Å². The minimum absolute atomic E-state index is 0.213. The molecule has 1 heterocycles. The number of nitrogens with two attached hydrogens (primary N) is 2. The summed E-state index contributed by atoms with van der Waals surface area (Å²) in [7, 11) is 0. The van der Waals surface area contributed by atoms with Crippen LogP contribution in [-0.4, -0.2) is 24.0 Å². The monoisotopic (exact) mass is 164 g/mol. The molecule has 0 fully saturated rings. The van der Waals surface area contributed by atoms with Crippen LogP contribution in [0.15, 0.2) is 15.8 Å². The summed E-state index contributed by atoms with van der Waals surface area (Å²) in [6.45, 7) is 0.581. The van der Waals surface area contributed by atoms with Gasteiger partial charge in [-0.1, -0.05) is 5.41 Å². The van der Waals surface area contributed by atoms with Crippen LogP contribution < -0.4 is 16.9 Å². The van der Waals surface area contributed by atoms with E-state index in [1.165, 1.54) is 0 Å². The first-order valence-corrected chi connectivity index (χ1v) is 3.67. The standard InChI is InChI=1S/C7H10N5/c8-3-1-2-6-5(4-9)7(10)12-11-6/h1-3,8H2,(H2,10,12). The predicted molar refractivity (Wildman–Crippen MR) is 48.0 cm³/mol. The molecule has 63 valence electrons. The van der Waals surface area contributed by atoms with E-state index < -0.39 is 0 Å². The molecule has 0 bridgehead atoms. The first kappa shape index (κ1) is 8.64. The van der Waals surface area contributed by atoms with E-state index in [0.29, 0.717) is 24.3 Å². The fourth-order valence-electron chi connectivity index (χ4n) is 0.928. The van der Waals surface area contributed by atoms with Crippen molar-refractivity contribution in [2.75, 3.05) is 6.54 Å². The SMILES string of the molecule is [N]=C=C1C(N)=NN=C1CCCN. The first-order valence-electron chi connectivity index (χ1n) is 3.67. The van der Waals surface area contributed by atoms with Crippen molar-refractivity contribution in [3.8, 4) is 0 Å². The highest BCUT2D eigenvalue weighted by molar-refractivity contribution is 6.30. The van der Waals surface area contributed by atoms with Crippen LogP contribution in [0.25, 0.3) is 0 Å². The molecule has 5 nitrogen and oxygen atoms in total. The normalized spacial score (nSPS) is 15.6. The number of hydrogen-bond acceptors (Lipinski definition) is 4. The van der Waals surface area contributed by atoms with Gasteiger partial charge in [0.15, 0.2) is 5.84 Å². The van der Waals surface area contributed by atoms with Gasteiger partial charge in [0, 0.05) is 5.87 Å². The van der Waals surface area contributed by atoms with E-state index in [9.17, 15) is 0 Å². The van der Waals surface area contributed by atoms with Crippen LogP contribution in [0.1, 0.15) is 12.8 Å². The fraction of sp³-hybridized carbons (Fsp3) is 0.429. The van der Waals surface area contributed by atoms with Gasteiger partial charge in [0.1, 0.15) is 5.57 Å². The lowest BCUT2D eigenvalue weighted by atomic mass is 10.1. The maximum Gasteiger partial charge on any atom is 0.164 e. The van der Waals surface area contributed by atoms with E-state index in [1.807, 2.05) is 5.87 Å². The van der Waals surface area contributed by atoms with Gasteiger partial charge in [-0.15, -0.1) is 5.10 Å². The van der Waals surface area contributed by atoms with Gasteiger partial charge in [0.2, 0.25) is 0 Å². The summed E-state index contributed by atoms with van der Waals surface area (Å²) in [6, 6.07) is 0. The molecule has 0 spiro atoms. The zero-order valence-electron chi connectivity index (χ0n) is 6.62. The molecule has 5 heteroatoms. The van der Waals surface area contributed by atoms with Gasteiger partial charge in [-0.2, -0.15) is 5.10 Å². The topological polar surface area (TPSA) is 99.1 Å². The second-order valence-corrected chi connectivity index (χ2v) is 2.41. The Balaban J connectivity index is 2.66. The lowest BCUT2D eigenvalue weighted by Crippen LogP contribution is -2.18. The van der Waals surface area contributed by atoms with Crippen LogP contribution in [0, 0.1) is 0 Å². The van der Waals surface area contributed by atoms with Crippen molar-refractivity contribution >= 4 is 17.4 Å². The van der Waals surface area contributed by atoms with Gasteiger partial charge in [-0.05, 0) is 19.4 Å². The van der Waals surface area contributed by atoms with E-state index >= 15 is 0 Å². The molecular formula is C7H10N5. The Hall–Kier alpha value is -1.45. The zero-order chi connectivity index (χ0) is 8.97. The number of amidine groups is 1. The van der Waals surface area contributed by atoms with Gasteiger partial charge in [-0.3, -0.25) is 0 Å². The van der Waals surface area contributed by atoms with Crippen molar-refractivity contribution in [1.82, 2.24) is 5.41 Å². The summed E-state index contributed by atoms with van der Waals surface area (Å²) in [6.07, 6.45) is 1.47. The van der Waals surface area contributed by atoms with E-state index in [1.54, 1.807) is 0 Å². The van der Waals surface area contributed by atoms with Crippen LogP contribution in [-0.2, 0) is 0 Å². The van der Waals surface area contributed by atoms with Crippen molar-refractivity contribution < 1.29 is 0 Å². The van der Waals surface area contributed by atoms with Gasteiger partial charge in [0.25, 0.3) is 0 Å². The number of nitrogens with zero attached hydrogens (tertiary/aromatic N) is 3. The van der Waals surface area contributed by atoms with E-state index in [2.05, 4.69) is 10.2 Å². The van der Waals surface area contributed by atoms with Crippen molar-refractivity contribution in [2.24, 2.45) is 21.7 Å². The zero-order valence-corrected chi connectivity index (χ0v) is 6.62. The molecule has 0 aromatic heterocycles. The lowest BCUT2D eigenvalue weighted by molar-refractivity contribution is 0.877. The lowest BCUT2D eigenvalue weighted by Gasteiger charge is -1.97. The molecule has 0 unspecified atom stereocenters.